The Morgan fingerprint density at radius 2 is 1.85 bits per heavy atom. The van der Waals surface area contributed by atoms with Gasteiger partial charge in [0.05, 0.1) is 5.69 Å². The van der Waals surface area contributed by atoms with E-state index in [2.05, 4.69) is 57.0 Å². The van der Waals surface area contributed by atoms with Crippen LogP contribution in [0.2, 0.25) is 0 Å². The maximum absolute atomic E-state index is 13.5. The molecule has 2 heterocycles. The Balaban J connectivity index is 1.79. The lowest BCUT2D eigenvalue weighted by Gasteiger charge is -2.50. The van der Waals surface area contributed by atoms with Crippen molar-refractivity contribution in [2.75, 3.05) is 9.80 Å². The van der Waals surface area contributed by atoms with Gasteiger partial charge in [-0.25, -0.2) is 0 Å². The molecule has 2 amide bonds. The molecule has 2 aliphatic heterocycles. The SMILES string of the molecule is Cc1cccc(N2C(=O)/C(=C/c3cc4c(cc3C)N(C(C)C)C(C)(C)C[C@H]4C)C(=O)NC2=S)c1. The van der Waals surface area contributed by atoms with E-state index >= 15 is 0 Å². The minimum absolute atomic E-state index is 0.0518. The van der Waals surface area contributed by atoms with Crippen molar-refractivity contribution in [3.05, 3.63) is 64.2 Å². The summed E-state index contributed by atoms with van der Waals surface area (Å²) in [5, 5.41) is 2.79. The van der Waals surface area contributed by atoms with Crippen molar-refractivity contribution in [3.8, 4) is 0 Å². The van der Waals surface area contributed by atoms with Crippen LogP contribution in [0.25, 0.3) is 6.08 Å². The quantitative estimate of drug-likeness (QED) is 0.355. The van der Waals surface area contributed by atoms with Gasteiger partial charge in [0.1, 0.15) is 5.57 Å². The normalized spacial score (nSPS) is 21.2. The van der Waals surface area contributed by atoms with Crippen molar-refractivity contribution in [1.82, 2.24) is 5.32 Å². The molecule has 4 rings (SSSR count). The van der Waals surface area contributed by atoms with Crippen molar-refractivity contribution in [1.29, 1.82) is 0 Å². The van der Waals surface area contributed by atoms with Crippen LogP contribution >= 0.6 is 12.2 Å². The molecule has 1 atom stereocenters. The molecule has 2 aliphatic rings. The molecule has 2 aromatic carbocycles. The summed E-state index contributed by atoms with van der Waals surface area (Å²) in [4.78, 5) is 30.2. The summed E-state index contributed by atoms with van der Waals surface area (Å²) < 4.78 is 0. The number of anilines is 2. The minimum atomic E-state index is -0.464. The van der Waals surface area contributed by atoms with Crippen LogP contribution in [0.5, 0.6) is 0 Å². The van der Waals surface area contributed by atoms with Gasteiger partial charge in [-0.05, 0) is 119 Å². The van der Waals surface area contributed by atoms with Crippen LogP contribution in [0.3, 0.4) is 0 Å². The Hall–Kier alpha value is -2.99. The molecule has 2 aromatic rings. The van der Waals surface area contributed by atoms with Crippen LogP contribution in [0.1, 0.15) is 69.2 Å². The Morgan fingerprint density at radius 1 is 1.15 bits per heavy atom. The number of thiocarbonyl (C=S) groups is 1. The second-order valence-corrected chi connectivity index (χ2v) is 10.8. The summed E-state index contributed by atoms with van der Waals surface area (Å²) in [6.45, 7) is 15.3. The second kappa shape index (κ2) is 8.66. The molecule has 1 fully saturated rings. The van der Waals surface area contributed by atoms with Crippen molar-refractivity contribution >= 4 is 46.6 Å². The number of amides is 2. The summed E-state index contributed by atoms with van der Waals surface area (Å²) >= 11 is 5.34. The minimum Gasteiger partial charge on any atom is -0.364 e. The van der Waals surface area contributed by atoms with E-state index in [1.54, 1.807) is 6.08 Å². The van der Waals surface area contributed by atoms with Gasteiger partial charge >= 0.3 is 0 Å². The number of hydrogen-bond donors (Lipinski definition) is 1. The molecule has 0 radical (unpaired) electrons. The third-order valence-electron chi connectivity index (χ3n) is 6.84. The van der Waals surface area contributed by atoms with Crippen LogP contribution in [0, 0.1) is 13.8 Å². The first kappa shape index (κ1) is 24.1. The van der Waals surface area contributed by atoms with Gasteiger partial charge < -0.3 is 4.90 Å². The van der Waals surface area contributed by atoms with Crippen molar-refractivity contribution in [2.45, 2.75) is 72.4 Å². The Kier molecular flexibility index (Phi) is 6.15. The molecule has 0 saturated carbocycles. The van der Waals surface area contributed by atoms with E-state index in [1.807, 2.05) is 38.1 Å². The smallest absolute Gasteiger partial charge is 0.270 e. The summed E-state index contributed by atoms with van der Waals surface area (Å²) in [5.41, 5.74) is 6.18. The van der Waals surface area contributed by atoms with Crippen molar-refractivity contribution < 1.29 is 9.59 Å². The monoisotopic (exact) mass is 475 g/mol. The van der Waals surface area contributed by atoms with Crippen LogP contribution in [-0.2, 0) is 9.59 Å². The first-order chi connectivity index (χ1) is 15.9. The predicted octanol–water partition coefficient (Wildman–Crippen LogP) is 5.64. The fourth-order valence-electron chi connectivity index (χ4n) is 5.56. The van der Waals surface area contributed by atoms with Gasteiger partial charge in [0.25, 0.3) is 11.8 Å². The van der Waals surface area contributed by atoms with Gasteiger partial charge in [0.15, 0.2) is 5.11 Å². The molecule has 6 heteroatoms. The van der Waals surface area contributed by atoms with Crippen molar-refractivity contribution in [2.24, 2.45) is 0 Å². The summed E-state index contributed by atoms with van der Waals surface area (Å²) in [6.07, 6.45) is 2.75. The highest BCUT2D eigenvalue weighted by Gasteiger charge is 2.38. The van der Waals surface area contributed by atoms with E-state index in [9.17, 15) is 9.59 Å². The second-order valence-electron chi connectivity index (χ2n) is 10.4. The average Bonchev–Trinajstić information content (AvgIpc) is 2.70. The molecular formula is C28H33N3O2S. The number of rotatable bonds is 3. The summed E-state index contributed by atoms with van der Waals surface area (Å²) in [5.74, 6) is -0.506. The van der Waals surface area contributed by atoms with Gasteiger partial charge in [0.2, 0.25) is 0 Å². The van der Waals surface area contributed by atoms with Crippen LogP contribution < -0.4 is 15.1 Å². The van der Waals surface area contributed by atoms with Crippen molar-refractivity contribution in [3.63, 3.8) is 0 Å². The van der Waals surface area contributed by atoms with Gasteiger partial charge in [-0.3, -0.25) is 19.8 Å². The summed E-state index contributed by atoms with van der Waals surface area (Å²) in [6, 6.07) is 12.2. The highest BCUT2D eigenvalue weighted by Crippen LogP contribution is 2.45. The van der Waals surface area contributed by atoms with E-state index in [0.29, 0.717) is 17.6 Å². The average molecular weight is 476 g/mol. The van der Waals surface area contributed by atoms with Crippen LogP contribution in [0.4, 0.5) is 11.4 Å². The number of carbonyl (C=O) groups excluding carboxylic acids is 2. The number of nitrogens with one attached hydrogen (secondary N) is 1. The van der Waals surface area contributed by atoms with Gasteiger partial charge in [-0.2, -0.15) is 0 Å². The van der Waals surface area contributed by atoms with Gasteiger partial charge in [0, 0.05) is 17.3 Å². The maximum Gasteiger partial charge on any atom is 0.270 e. The Labute approximate surface area is 207 Å². The molecule has 0 aromatic heterocycles. The first-order valence-corrected chi connectivity index (χ1v) is 12.2. The first-order valence-electron chi connectivity index (χ1n) is 11.8. The number of hydrogen-bond acceptors (Lipinski definition) is 4. The fraction of sp³-hybridized carbons (Fsp3) is 0.393. The molecule has 178 valence electrons. The number of fused-ring (bicyclic) bond motifs is 1. The molecule has 0 aliphatic carbocycles. The zero-order chi connectivity index (χ0) is 24.9. The number of carbonyl (C=O) groups is 2. The van der Waals surface area contributed by atoms with Crippen LogP contribution in [-0.4, -0.2) is 28.5 Å². The highest BCUT2D eigenvalue weighted by molar-refractivity contribution is 7.80. The topological polar surface area (TPSA) is 52.7 Å². The summed E-state index contributed by atoms with van der Waals surface area (Å²) in [7, 11) is 0. The van der Waals surface area contributed by atoms with Gasteiger partial charge in [-0.15, -0.1) is 0 Å². The third-order valence-corrected chi connectivity index (χ3v) is 7.13. The zero-order valence-corrected chi connectivity index (χ0v) is 21.8. The Bertz CT molecular complexity index is 1230. The van der Waals surface area contributed by atoms with Gasteiger partial charge in [-0.1, -0.05) is 19.1 Å². The van der Waals surface area contributed by atoms with E-state index < -0.39 is 11.8 Å². The third kappa shape index (κ3) is 4.16. The van der Waals surface area contributed by atoms with E-state index in [4.69, 9.17) is 12.2 Å². The lowest BCUT2D eigenvalue weighted by molar-refractivity contribution is -0.122. The number of nitrogens with zero attached hydrogens (tertiary/aromatic N) is 2. The molecule has 0 bridgehead atoms. The molecule has 1 N–H and O–H groups in total. The van der Waals surface area contributed by atoms with E-state index in [1.165, 1.54) is 16.2 Å². The molecule has 5 nitrogen and oxygen atoms in total. The van der Waals surface area contributed by atoms with E-state index in [0.717, 1.165) is 23.1 Å². The van der Waals surface area contributed by atoms with Crippen LogP contribution in [0.15, 0.2) is 42.0 Å². The maximum atomic E-state index is 13.5. The molecular weight excluding hydrogens is 442 g/mol. The highest BCUT2D eigenvalue weighted by atomic mass is 32.1. The Morgan fingerprint density at radius 3 is 2.50 bits per heavy atom. The number of benzene rings is 2. The molecule has 0 spiro atoms. The lowest BCUT2D eigenvalue weighted by atomic mass is 9.78. The molecule has 34 heavy (non-hydrogen) atoms. The predicted molar refractivity (Wildman–Crippen MR) is 143 cm³/mol. The largest absolute Gasteiger partial charge is 0.364 e. The molecule has 1 saturated heterocycles. The lowest BCUT2D eigenvalue weighted by Crippen LogP contribution is -2.54. The standard InChI is InChI=1S/C28H33N3O2S/c1-16(2)31-24-12-18(4)20(13-22(24)19(5)15-28(31,6)7)14-23-25(32)29-27(34)30(26(23)33)21-10-8-9-17(3)11-21/h8-14,16,19H,15H2,1-7H3,(H,29,32,34)/b23-14+/t19-/m1/s1. The van der Waals surface area contributed by atoms with E-state index in [-0.39, 0.29) is 16.2 Å². The molecule has 0 unspecified atom stereocenters. The zero-order valence-electron chi connectivity index (χ0n) is 21.0. The fourth-order valence-corrected chi connectivity index (χ4v) is 5.84. The number of aryl methyl sites for hydroxylation is 2.